The maximum atomic E-state index is 12.8. The highest BCUT2D eigenvalue weighted by Gasteiger charge is 2.16. The summed E-state index contributed by atoms with van der Waals surface area (Å²) in [7, 11) is 0. The van der Waals surface area contributed by atoms with Crippen molar-refractivity contribution < 1.29 is 9.21 Å². The number of para-hydroxylation sites is 1. The Morgan fingerprint density at radius 2 is 1.88 bits per heavy atom. The number of aryl methyl sites for hydroxylation is 1. The molecule has 0 bridgehead atoms. The van der Waals surface area contributed by atoms with Gasteiger partial charge >= 0.3 is 0 Å². The average molecular weight is 463 g/mol. The Bertz CT molecular complexity index is 1260. The van der Waals surface area contributed by atoms with Gasteiger partial charge in [0.05, 0.1) is 11.3 Å². The third-order valence-electron chi connectivity index (χ3n) is 5.75. The maximum absolute atomic E-state index is 12.8. The minimum absolute atomic E-state index is 0. The molecule has 1 fully saturated rings. The van der Waals surface area contributed by atoms with E-state index in [0.717, 1.165) is 55.0 Å². The van der Waals surface area contributed by atoms with Crippen LogP contribution in [0.15, 0.2) is 71.1 Å². The fraction of sp³-hybridized carbons (Fsp3) is 0.231. The first-order chi connectivity index (χ1) is 15.7. The van der Waals surface area contributed by atoms with Gasteiger partial charge in [-0.05, 0) is 48.9 Å². The van der Waals surface area contributed by atoms with E-state index in [9.17, 15) is 4.79 Å². The van der Waals surface area contributed by atoms with Crippen molar-refractivity contribution in [2.45, 2.75) is 13.5 Å². The molecule has 2 N–H and O–H groups in total. The number of carbonyl (C=O) groups is 1. The van der Waals surface area contributed by atoms with Crippen molar-refractivity contribution in [3.8, 4) is 11.5 Å². The van der Waals surface area contributed by atoms with Crippen molar-refractivity contribution in [1.29, 1.82) is 0 Å². The summed E-state index contributed by atoms with van der Waals surface area (Å²) in [5, 5.41) is 6.39. The summed E-state index contributed by atoms with van der Waals surface area (Å²) in [4.78, 5) is 19.9. The zero-order chi connectivity index (χ0) is 21.9. The number of halogens is 1. The quantitative estimate of drug-likeness (QED) is 0.442. The minimum atomic E-state index is -0.157. The Balaban J connectivity index is 0.00000259. The molecule has 33 heavy (non-hydrogen) atoms. The van der Waals surface area contributed by atoms with Gasteiger partial charge in [0.15, 0.2) is 5.58 Å². The van der Waals surface area contributed by atoms with Gasteiger partial charge in [0.1, 0.15) is 5.52 Å². The van der Waals surface area contributed by atoms with Gasteiger partial charge in [0.25, 0.3) is 5.91 Å². The number of anilines is 1. The van der Waals surface area contributed by atoms with Crippen LogP contribution in [0.4, 0.5) is 5.69 Å². The third kappa shape index (κ3) is 5.25. The number of aromatic nitrogens is 1. The zero-order valence-electron chi connectivity index (χ0n) is 18.5. The van der Waals surface area contributed by atoms with Gasteiger partial charge in [-0.2, -0.15) is 0 Å². The summed E-state index contributed by atoms with van der Waals surface area (Å²) >= 11 is 0. The summed E-state index contributed by atoms with van der Waals surface area (Å²) in [5.41, 5.74) is 5.87. The summed E-state index contributed by atoms with van der Waals surface area (Å²) in [6, 6.07) is 21.3. The van der Waals surface area contributed by atoms with Crippen LogP contribution < -0.4 is 10.6 Å². The zero-order valence-corrected chi connectivity index (χ0v) is 19.3. The first kappa shape index (κ1) is 23.0. The molecule has 0 unspecified atom stereocenters. The highest BCUT2D eigenvalue weighted by Crippen LogP contribution is 2.31. The smallest absolute Gasteiger partial charge is 0.255 e. The fourth-order valence-electron chi connectivity index (χ4n) is 4.07. The van der Waals surface area contributed by atoms with Crippen molar-refractivity contribution in [1.82, 2.24) is 15.2 Å². The number of oxazole rings is 1. The number of benzene rings is 3. The van der Waals surface area contributed by atoms with E-state index in [2.05, 4.69) is 32.7 Å². The maximum Gasteiger partial charge on any atom is 0.255 e. The van der Waals surface area contributed by atoms with Gasteiger partial charge in [-0.15, -0.1) is 12.4 Å². The molecule has 0 spiro atoms. The topological polar surface area (TPSA) is 70.4 Å². The number of piperazine rings is 1. The van der Waals surface area contributed by atoms with Crippen LogP contribution >= 0.6 is 12.4 Å². The Morgan fingerprint density at radius 3 is 2.70 bits per heavy atom. The lowest BCUT2D eigenvalue weighted by atomic mass is 10.1. The van der Waals surface area contributed by atoms with Crippen LogP contribution in [0.3, 0.4) is 0 Å². The van der Waals surface area contributed by atoms with Gasteiger partial charge in [-0.1, -0.05) is 35.9 Å². The summed E-state index contributed by atoms with van der Waals surface area (Å²) in [6.07, 6.45) is 0. The van der Waals surface area contributed by atoms with Crippen LogP contribution in [-0.2, 0) is 6.54 Å². The molecule has 6 nitrogen and oxygen atoms in total. The monoisotopic (exact) mass is 462 g/mol. The molecule has 1 amide bonds. The molecule has 3 aromatic carbocycles. The van der Waals surface area contributed by atoms with Crippen LogP contribution in [0, 0.1) is 6.92 Å². The van der Waals surface area contributed by atoms with Crippen molar-refractivity contribution in [2.24, 2.45) is 0 Å². The SMILES string of the molecule is Cc1cccc(C(=O)Nc2ccccc2-c2nc3ccc(CN4CCNCC4)cc3o2)c1.Cl. The number of fused-ring (bicyclic) bond motifs is 1. The largest absolute Gasteiger partial charge is 0.436 e. The Kier molecular flexibility index (Phi) is 7.08. The molecule has 1 aliphatic heterocycles. The second kappa shape index (κ2) is 10.2. The Hall–Kier alpha value is -3.19. The first-order valence-corrected chi connectivity index (χ1v) is 11.0. The summed E-state index contributed by atoms with van der Waals surface area (Å²) in [5.74, 6) is 0.343. The molecular formula is C26H27ClN4O2. The third-order valence-corrected chi connectivity index (χ3v) is 5.75. The van der Waals surface area contributed by atoms with E-state index in [0.29, 0.717) is 17.1 Å². The number of carbonyl (C=O) groups excluding carboxylic acids is 1. The van der Waals surface area contributed by atoms with Crippen molar-refractivity contribution in [2.75, 3.05) is 31.5 Å². The molecule has 1 aliphatic rings. The lowest BCUT2D eigenvalue weighted by Crippen LogP contribution is -2.42. The van der Waals surface area contributed by atoms with Crippen LogP contribution in [-0.4, -0.2) is 42.0 Å². The van der Waals surface area contributed by atoms with E-state index in [1.165, 1.54) is 5.56 Å². The second-order valence-corrected chi connectivity index (χ2v) is 8.22. The lowest BCUT2D eigenvalue weighted by molar-refractivity contribution is 0.102. The highest BCUT2D eigenvalue weighted by atomic mass is 35.5. The standard InChI is InChI=1S/C26H26N4O2.ClH/c1-18-5-4-6-20(15-18)25(31)28-22-8-3-2-7-21(22)26-29-23-10-9-19(16-24(23)32-26)17-30-13-11-27-12-14-30;/h2-10,15-16,27H,11-14,17H2,1H3,(H,28,31);1H. The Labute approximate surface area is 199 Å². The van der Waals surface area contributed by atoms with Crippen LogP contribution in [0.25, 0.3) is 22.6 Å². The summed E-state index contributed by atoms with van der Waals surface area (Å²) < 4.78 is 6.14. The van der Waals surface area contributed by atoms with Crippen LogP contribution in [0.5, 0.6) is 0 Å². The molecule has 0 aliphatic carbocycles. The fourth-order valence-corrected chi connectivity index (χ4v) is 4.07. The molecule has 1 aromatic heterocycles. The second-order valence-electron chi connectivity index (χ2n) is 8.22. The number of hydrogen-bond donors (Lipinski definition) is 2. The number of nitrogens with zero attached hydrogens (tertiary/aromatic N) is 2. The van der Waals surface area contributed by atoms with E-state index in [1.807, 2.05) is 61.5 Å². The predicted molar refractivity (Wildman–Crippen MR) is 134 cm³/mol. The average Bonchev–Trinajstić information content (AvgIpc) is 3.23. The molecule has 0 saturated carbocycles. The number of rotatable bonds is 5. The lowest BCUT2D eigenvalue weighted by Gasteiger charge is -2.27. The molecular weight excluding hydrogens is 436 g/mol. The van der Waals surface area contributed by atoms with Crippen molar-refractivity contribution >= 4 is 35.1 Å². The number of nitrogens with one attached hydrogen (secondary N) is 2. The molecule has 7 heteroatoms. The van der Waals surface area contributed by atoms with Gasteiger partial charge in [-0.25, -0.2) is 4.98 Å². The molecule has 2 heterocycles. The van der Waals surface area contributed by atoms with E-state index in [-0.39, 0.29) is 18.3 Å². The van der Waals surface area contributed by atoms with E-state index < -0.39 is 0 Å². The van der Waals surface area contributed by atoms with Crippen LogP contribution in [0.1, 0.15) is 21.5 Å². The van der Waals surface area contributed by atoms with Crippen molar-refractivity contribution in [3.05, 3.63) is 83.4 Å². The van der Waals surface area contributed by atoms with Gasteiger partial charge < -0.3 is 15.1 Å². The normalized spacial score (nSPS) is 14.1. The number of hydrogen-bond acceptors (Lipinski definition) is 5. The number of amides is 1. The predicted octanol–water partition coefficient (Wildman–Crippen LogP) is 4.88. The summed E-state index contributed by atoms with van der Waals surface area (Å²) in [6.45, 7) is 7.02. The van der Waals surface area contributed by atoms with E-state index >= 15 is 0 Å². The van der Waals surface area contributed by atoms with Gasteiger partial charge in [0.2, 0.25) is 5.89 Å². The first-order valence-electron chi connectivity index (χ1n) is 11.0. The molecule has 0 atom stereocenters. The van der Waals surface area contributed by atoms with Gasteiger partial charge in [0, 0.05) is 38.3 Å². The molecule has 1 saturated heterocycles. The minimum Gasteiger partial charge on any atom is -0.436 e. The van der Waals surface area contributed by atoms with Gasteiger partial charge in [-0.3, -0.25) is 9.69 Å². The highest BCUT2D eigenvalue weighted by molar-refractivity contribution is 6.06. The van der Waals surface area contributed by atoms with Crippen LogP contribution in [0.2, 0.25) is 0 Å². The molecule has 4 aromatic rings. The molecule has 5 rings (SSSR count). The molecule has 170 valence electrons. The Morgan fingerprint density at radius 1 is 1.06 bits per heavy atom. The molecule has 0 radical (unpaired) electrons. The van der Waals surface area contributed by atoms with E-state index in [1.54, 1.807) is 0 Å². The van der Waals surface area contributed by atoms with Crippen molar-refractivity contribution in [3.63, 3.8) is 0 Å². The van der Waals surface area contributed by atoms with E-state index in [4.69, 9.17) is 4.42 Å².